The summed E-state index contributed by atoms with van der Waals surface area (Å²) in [5, 5.41) is 69.7. The van der Waals surface area contributed by atoms with Crippen LogP contribution >= 0.6 is 0 Å². The van der Waals surface area contributed by atoms with Crippen LogP contribution in [0.5, 0.6) is 5.75 Å². The van der Waals surface area contributed by atoms with E-state index >= 15 is 0 Å². The van der Waals surface area contributed by atoms with E-state index in [4.69, 9.17) is 17.2 Å². The number of nitrogens with two attached hydrogens (primary N) is 3. The van der Waals surface area contributed by atoms with Crippen molar-refractivity contribution >= 4 is 82.0 Å². The molecule has 1 aromatic heterocycles. The molecule has 4 rings (SSSR count). The second-order valence-corrected chi connectivity index (χ2v) is 22.2. The highest BCUT2D eigenvalue weighted by atomic mass is 16.4. The summed E-state index contributed by atoms with van der Waals surface area (Å²) in [6, 6.07) is 7.32. The monoisotopic (exact) mass is 1270 g/mol. The summed E-state index contributed by atoms with van der Waals surface area (Å²) in [6.07, 6.45) is -0.833. The maximum Gasteiger partial charge on any atom is 0.326 e. The molecule has 0 fully saturated rings. The number of hydrogen-bond acceptors (Lipinski definition) is 16. The quantitative estimate of drug-likeness (QED) is 0.0261. The van der Waals surface area contributed by atoms with Gasteiger partial charge in [0.1, 0.15) is 54.1 Å². The Hall–Kier alpha value is -9.48. The van der Waals surface area contributed by atoms with Crippen LogP contribution in [0, 0.1) is 5.92 Å². The molecule has 0 unspecified atom stereocenters. The molecule has 0 radical (unpaired) electrons. The van der Waals surface area contributed by atoms with Crippen LogP contribution in [0.2, 0.25) is 0 Å². The third kappa shape index (κ3) is 25.5. The number of fused-ring (bicyclic) bond motifs is 1. The number of aromatic amines is 1. The number of H-pyrrole nitrogens is 1. The highest BCUT2D eigenvalue weighted by molar-refractivity contribution is 5.99. The third-order valence-corrected chi connectivity index (χ3v) is 15.2. The van der Waals surface area contributed by atoms with Gasteiger partial charge in [-0.05, 0) is 112 Å². The number of hydrogen-bond donors (Lipinski definition) is 17. The Balaban J connectivity index is 1.69. The lowest BCUT2D eigenvalue weighted by Crippen LogP contribution is -2.61. The van der Waals surface area contributed by atoms with Gasteiger partial charge in [0.25, 0.3) is 0 Å². The van der Waals surface area contributed by atoms with Crippen LogP contribution in [-0.2, 0) is 76.8 Å². The van der Waals surface area contributed by atoms with E-state index in [2.05, 4.69) is 47.5 Å². The Morgan fingerprint density at radius 1 is 0.451 bits per heavy atom. The number of phenols is 1. The van der Waals surface area contributed by atoms with Crippen molar-refractivity contribution in [3.63, 3.8) is 0 Å². The van der Waals surface area contributed by atoms with Gasteiger partial charge >= 0.3 is 23.9 Å². The normalized spacial score (nSPS) is 14.4. The summed E-state index contributed by atoms with van der Waals surface area (Å²) in [4.78, 5) is 165. The molecule has 91 heavy (non-hydrogen) atoms. The topological polar surface area (TPSA) is 496 Å². The molecule has 0 aliphatic carbocycles. The van der Waals surface area contributed by atoms with Gasteiger partial charge in [0.15, 0.2) is 0 Å². The molecule has 20 N–H and O–H groups in total. The minimum atomic E-state index is -1.80. The second kappa shape index (κ2) is 38.2. The Labute approximate surface area is 525 Å². The van der Waals surface area contributed by atoms with Crippen molar-refractivity contribution in [2.45, 2.75) is 171 Å². The second-order valence-electron chi connectivity index (χ2n) is 22.2. The lowest BCUT2D eigenvalue weighted by atomic mass is 9.96. The fraction of sp³-hybridized carbons (Fsp3) is 0.484. The van der Waals surface area contributed by atoms with Crippen molar-refractivity contribution in [3.05, 3.63) is 102 Å². The molecule has 0 aliphatic rings. The molecule has 1 heterocycles. The van der Waals surface area contributed by atoms with E-state index in [1.165, 1.54) is 24.3 Å². The van der Waals surface area contributed by atoms with Gasteiger partial charge in [-0.2, -0.15) is 0 Å². The lowest BCUT2D eigenvalue weighted by molar-refractivity contribution is -0.142. The molecule has 29 heteroatoms. The number of carboxylic acids is 4. The number of aromatic nitrogens is 1. The summed E-state index contributed by atoms with van der Waals surface area (Å²) < 4.78 is 0. The highest BCUT2D eigenvalue weighted by Crippen LogP contribution is 2.21. The van der Waals surface area contributed by atoms with E-state index in [0.29, 0.717) is 53.3 Å². The number of aliphatic carboxylic acids is 4. The number of aromatic hydroxyl groups is 1. The number of carbonyl (C=O) groups excluding carboxylic acids is 8. The number of nitrogens with one attached hydrogen (secondary N) is 9. The first-order valence-electron chi connectivity index (χ1n) is 30.2. The average molecular weight is 1270 g/mol. The van der Waals surface area contributed by atoms with Crippen molar-refractivity contribution < 1.29 is 83.1 Å². The number of amides is 8. The van der Waals surface area contributed by atoms with Gasteiger partial charge in [0.2, 0.25) is 47.3 Å². The number of carboxylic acid groups (broad SMARTS) is 4. The SMILES string of the molecule is CC[C@H](C)[C@H](NC(=O)[C@H](Cc1ccc(O)cc1)NC(=O)[C@@H](N)CCC(=O)O)C(=O)N[C@@H](CCCCN)C(=O)N[C@@H](Cc1c[nH]c2ccccc12)C(=O)N[C@@H](CCC(=O)O)C(=O)N[C@@H](CCC(=O)O)C(=O)N[C@@H](Cc1ccccc1)C(=O)N[C@@H](CCCCN)C(=O)O. The van der Waals surface area contributed by atoms with E-state index in [-0.39, 0.29) is 63.8 Å². The zero-order chi connectivity index (χ0) is 67.2. The van der Waals surface area contributed by atoms with E-state index in [1.807, 2.05) is 0 Å². The van der Waals surface area contributed by atoms with Crippen LogP contribution in [0.3, 0.4) is 0 Å². The highest BCUT2D eigenvalue weighted by Gasteiger charge is 2.37. The summed E-state index contributed by atoms with van der Waals surface area (Å²) in [5.74, 6) is -13.9. The molecular weight excluding hydrogens is 1180 g/mol. The first-order valence-corrected chi connectivity index (χ1v) is 30.2. The van der Waals surface area contributed by atoms with Gasteiger partial charge in [-0.1, -0.05) is 80.9 Å². The van der Waals surface area contributed by atoms with Gasteiger partial charge < -0.3 is 90.3 Å². The van der Waals surface area contributed by atoms with Crippen LogP contribution in [0.1, 0.15) is 114 Å². The van der Waals surface area contributed by atoms with Gasteiger partial charge in [-0.25, -0.2) is 4.79 Å². The Morgan fingerprint density at radius 2 is 0.857 bits per heavy atom. The maximum atomic E-state index is 14.9. The number of benzene rings is 3. The molecule has 496 valence electrons. The van der Waals surface area contributed by atoms with Crippen LogP contribution < -0.4 is 59.7 Å². The Bertz CT molecular complexity index is 3110. The van der Waals surface area contributed by atoms with Crippen molar-refractivity contribution in [2.24, 2.45) is 23.1 Å². The molecule has 0 saturated heterocycles. The van der Waals surface area contributed by atoms with E-state index in [9.17, 15) is 83.1 Å². The van der Waals surface area contributed by atoms with Crippen LogP contribution in [0.4, 0.5) is 0 Å². The molecule has 0 aliphatic heterocycles. The fourth-order valence-electron chi connectivity index (χ4n) is 9.72. The zero-order valence-electron chi connectivity index (χ0n) is 51.0. The summed E-state index contributed by atoms with van der Waals surface area (Å²) >= 11 is 0. The molecule has 4 aromatic rings. The van der Waals surface area contributed by atoms with Crippen LogP contribution in [0.15, 0.2) is 85.1 Å². The lowest BCUT2D eigenvalue weighted by Gasteiger charge is -2.29. The number of unbranched alkanes of at least 4 members (excludes halogenated alkanes) is 2. The van der Waals surface area contributed by atoms with E-state index in [1.54, 1.807) is 74.6 Å². The molecule has 0 bridgehead atoms. The van der Waals surface area contributed by atoms with Gasteiger partial charge in [0.05, 0.1) is 6.04 Å². The molecule has 0 spiro atoms. The van der Waals surface area contributed by atoms with Crippen LogP contribution in [0.25, 0.3) is 10.9 Å². The summed E-state index contributed by atoms with van der Waals surface area (Å²) in [7, 11) is 0. The third-order valence-electron chi connectivity index (χ3n) is 15.2. The van der Waals surface area contributed by atoms with Crippen molar-refractivity contribution in [2.75, 3.05) is 13.1 Å². The van der Waals surface area contributed by atoms with Crippen molar-refractivity contribution in [3.8, 4) is 5.75 Å². The van der Waals surface area contributed by atoms with E-state index < -0.39 is 164 Å². The smallest absolute Gasteiger partial charge is 0.326 e. The molecule has 0 saturated carbocycles. The predicted octanol–water partition coefficient (Wildman–Crippen LogP) is 0.0902. The predicted molar refractivity (Wildman–Crippen MR) is 331 cm³/mol. The standard InChI is InChI=1S/C62H86N12O17/c1-3-35(2)53(74-60(88)48(32-37-19-21-39(75)22-20-37)71-54(82)41(65)23-26-50(76)77)61(89)69-43(17-9-11-29-63)55(83)73-49(33-38-34-66-42-16-8-7-15-40(38)42)59(87)68-44(24-27-51(78)79)56(84)67-45(25-28-52(80)81)57(85)72-47(31-36-13-5-4-6-14-36)58(86)70-46(62(90)91)18-10-12-30-64/h4-8,13-16,19-22,34-35,41,43-49,53,66,75H,3,9-12,17-18,23-33,63-65H2,1-2H3,(H,67,84)(H,68,87)(H,69,89)(H,70,86)(H,71,82)(H,72,85)(H,73,83)(H,74,88)(H,76,77)(H,78,79)(H,80,81)(H,90,91)/t35-,41-,43-,44-,45-,46-,47-,48-,49-,53-/m0/s1. The molecule has 10 atom stereocenters. The minimum absolute atomic E-state index is 0.00227. The molecule has 8 amide bonds. The first kappa shape index (κ1) is 74.0. The van der Waals surface area contributed by atoms with Gasteiger partial charge in [-0.3, -0.25) is 52.7 Å². The summed E-state index contributed by atoms with van der Waals surface area (Å²) in [5.41, 5.74) is 19.5. The number of para-hydroxylation sites is 1. The summed E-state index contributed by atoms with van der Waals surface area (Å²) in [6.45, 7) is 3.83. The molecular formula is C62H86N12O17. The maximum absolute atomic E-state index is 14.9. The van der Waals surface area contributed by atoms with Crippen molar-refractivity contribution in [1.82, 2.24) is 47.5 Å². The van der Waals surface area contributed by atoms with Gasteiger partial charge in [0, 0.05) is 55.6 Å². The molecule has 29 nitrogen and oxygen atoms in total. The van der Waals surface area contributed by atoms with Crippen LogP contribution in [-0.4, -0.2) is 169 Å². The van der Waals surface area contributed by atoms with Crippen molar-refractivity contribution in [1.29, 1.82) is 0 Å². The number of phenolic OH excluding ortho intramolecular Hbond substituents is 1. The number of rotatable bonds is 42. The Kier molecular flexibility index (Phi) is 31.0. The largest absolute Gasteiger partial charge is 0.508 e. The molecule has 3 aromatic carbocycles. The van der Waals surface area contributed by atoms with Gasteiger partial charge in [-0.15, -0.1) is 0 Å². The Morgan fingerprint density at radius 3 is 1.36 bits per heavy atom. The number of carbonyl (C=O) groups is 12. The fourth-order valence-corrected chi connectivity index (χ4v) is 9.72. The van der Waals surface area contributed by atoms with E-state index in [0.717, 1.165) is 0 Å². The minimum Gasteiger partial charge on any atom is -0.508 e. The first-order chi connectivity index (χ1) is 43.3. The average Bonchev–Trinajstić information content (AvgIpc) is 2.08. The zero-order valence-corrected chi connectivity index (χ0v) is 51.0.